The Morgan fingerprint density at radius 1 is 0.923 bits per heavy atom. The molecule has 2 rings (SSSR count). The summed E-state index contributed by atoms with van der Waals surface area (Å²) in [5, 5.41) is 0. The number of hydrogen-bond donors (Lipinski definition) is 0. The van der Waals surface area contributed by atoms with Crippen LogP contribution in [0.3, 0.4) is 0 Å². The standard InChI is InChI=1S/C13H24/c1-2-13(10-6-3-7-11-13)12-8-4-5-9-12/h12H,2-11H2,1H3. The van der Waals surface area contributed by atoms with Crippen molar-refractivity contribution in [1.82, 2.24) is 0 Å². The van der Waals surface area contributed by atoms with Crippen LogP contribution in [0.5, 0.6) is 0 Å². The Morgan fingerprint density at radius 3 is 2.08 bits per heavy atom. The van der Waals surface area contributed by atoms with Crippen molar-refractivity contribution in [2.24, 2.45) is 11.3 Å². The highest BCUT2D eigenvalue weighted by molar-refractivity contribution is 4.90. The van der Waals surface area contributed by atoms with Crippen LogP contribution in [0.15, 0.2) is 0 Å². The molecule has 0 aromatic rings. The fourth-order valence-corrected chi connectivity index (χ4v) is 3.84. The predicted molar refractivity (Wildman–Crippen MR) is 57.8 cm³/mol. The lowest BCUT2D eigenvalue weighted by Gasteiger charge is -2.42. The van der Waals surface area contributed by atoms with Crippen molar-refractivity contribution in [2.45, 2.75) is 71.1 Å². The third-order valence-corrected chi connectivity index (χ3v) is 4.77. The summed E-state index contributed by atoms with van der Waals surface area (Å²) in [7, 11) is 0. The van der Waals surface area contributed by atoms with Gasteiger partial charge in [-0.15, -0.1) is 0 Å². The van der Waals surface area contributed by atoms with E-state index in [2.05, 4.69) is 6.92 Å². The summed E-state index contributed by atoms with van der Waals surface area (Å²) in [6.07, 6.45) is 15.2. The number of hydrogen-bond acceptors (Lipinski definition) is 0. The highest BCUT2D eigenvalue weighted by Crippen LogP contribution is 2.51. The lowest BCUT2D eigenvalue weighted by Crippen LogP contribution is -2.30. The van der Waals surface area contributed by atoms with E-state index in [4.69, 9.17) is 0 Å². The van der Waals surface area contributed by atoms with E-state index in [0.29, 0.717) is 0 Å². The Bertz CT molecular complexity index is 147. The molecule has 0 saturated heterocycles. The second-order valence-electron chi connectivity index (χ2n) is 5.26. The predicted octanol–water partition coefficient (Wildman–Crippen LogP) is 4.54. The largest absolute Gasteiger partial charge is 0.0648 e. The van der Waals surface area contributed by atoms with Gasteiger partial charge in [0.15, 0.2) is 0 Å². The first kappa shape index (κ1) is 9.55. The summed E-state index contributed by atoms with van der Waals surface area (Å²) in [6.45, 7) is 2.43. The van der Waals surface area contributed by atoms with Gasteiger partial charge in [-0.05, 0) is 37.0 Å². The molecule has 0 nitrogen and oxygen atoms in total. The van der Waals surface area contributed by atoms with E-state index >= 15 is 0 Å². The van der Waals surface area contributed by atoms with Crippen LogP contribution in [-0.2, 0) is 0 Å². The van der Waals surface area contributed by atoms with Crippen LogP contribution in [-0.4, -0.2) is 0 Å². The molecule has 2 aliphatic rings. The van der Waals surface area contributed by atoms with E-state index in [9.17, 15) is 0 Å². The average molecular weight is 180 g/mol. The summed E-state index contributed by atoms with van der Waals surface area (Å²) in [6, 6.07) is 0. The zero-order valence-electron chi connectivity index (χ0n) is 9.15. The third-order valence-electron chi connectivity index (χ3n) is 4.77. The maximum Gasteiger partial charge on any atom is -0.0272 e. The highest BCUT2D eigenvalue weighted by Gasteiger charge is 2.38. The molecule has 0 radical (unpaired) electrons. The Hall–Kier alpha value is 0. The summed E-state index contributed by atoms with van der Waals surface area (Å²) >= 11 is 0. The van der Waals surface area contributed by atoms with Crippen LogP contribution >= 0.6 is 0 Å². The second kappa shape index (κ2) is 4.02. The highest BCUT2D eigenvalue weighted by atomic mass is 14.4. The molecular formula is C13H24. The molecular weight excluding hydrogens is 156 g/mol. The zero-order chi connectivity index (χ0) is 9.15. The van der Waals surface area contributed by atoms with Crippen LogP contribution in [0.2, 0.25) is 0 Å². The molecule has 0 spiro atoms. The molecule has 0 N–H and O–H groups in total. The van der Waals surface area contributed by atoms with E-state index in [1.807, 2.05) is 0 Å². The first-order valence-electron chi connectivity index (χ1n) is 6.37. The van der Waals surface area contributed by atoms with Crippen molar-refractivity contribution in [2.75, 3.05) is 0 Å². The van der Waals surface area contributed by atoms with Crippen molar-refractivity contribution in [1.29, 1.82) is 0 Å². The quantitative estimate of drug-likeness (QED) is 0.585. The lowest BCUT2D eigenvalue weighted by molar-refractivity contribution is 0.0933. The molecule has 2 saturated carbocycles. The van der Waals surface area contributed by atoms with Gasteiger partial charge in [0.25, 0.3) is 0 Å². The second-order valence-corrected chi connectivity index (χ2v) is 5.26. The van der Waals surface area contributed by atoms with Gasteiger partial charge in [-0.25, -0.2) is 0 Å². The SMILES string of the molecule is CCC1(C2CCCC2)CCCCC1. The summed E-state index contributed by atoms with van der Waals surface area (Å²) in [5.74, 6) is 1.11. The van der Waals surface area contributed by atoms with Gasteiger partial charge in [0.2, 0.25) is 0 Å². The van der Waals surface area contributed by atoms with Gasteiger partial charge in [-0.3, -0.25) is 0 Å². The van der Waals surface area contributed by atoms with E-state index in [1.54, 1.807) is 25.7 Å². The third kappa shape index (κ3) is 1.78. The van der Waals surface area contributed by atoms with Crippen LogP contribution in [0, 0.1) is 11.3 Å². The maximum atomic E-state index is 2.43. The molecule has 2 fully saturated rings. The molecule has 13 heavy (non-hydrogen) atoms. The molecule has 0 amide bonds. The average Bonchev–Trinajstić information content (AvgIpc) is 2.72. The van der Waals surface area contributed by atoms with Gasteiger partial charge in [-0.1, -0.05) is 45.4 Å². The van der Waals surface area contributed by atoms with Gasteiger partial charge >= 0.3 is 0 Å². The lowest BCUT2D eigenvalue weighted by atomic mass is 9.64. The Balaban J connectivity index is 2.03. The van der Waals surface area contributed by atoms with E-state index in [-0.39, 0.29) is 0 Å². The minimum Gasteiger partial charge on any atom is -0.0648 e. The molecule has 2 aliphatic carbocycles. The Labute approximate surface area is 83.1 Å². The molecule has 0 unspecified atom stereocenters. The van der Waals surface area contributed by atoms with Crippen molar-refractivity contribution in [3.63, 3.8) is 0 Å². The molecule has 0 heteroatoms. The summed E-state index contributed by atoms with van der Waals surface area (Å²) in [5.41, 5.74) is 0.800. The summed E-state index contributed by atoms with van der Waals surface area (Å²) < 4.78 is 0. The van der Waals surface area contributed by atoms with Gasteiger partial charge in [-0.2, -0.15) is 0 Å². The van der Waals surface area contributed by atoms with Crippen LogP contribution in [0.4, 0.5) is 0 Å². The molecule has 0 heterocycles. The minimum absolute atomic E-state index is 0.800. The fraction of sp³-hybridized carbons (Fsp3) is 1.00. The monoisotopic (exact) mass is 180 g/mol. The van der Waals surface area contributed by atoms with Gasteiger partial charge in [0, 0.05) is 0 Å². The Kier molecular flexibility index (Phi) is 2.96. The molecule has 0 aromatic carbocycles. The Morgan fingerprint density at radius 2 is 1.54 bits per heavy atom. The minimum atomic E-state index is 0.800. The van der Waals surface area contributed by atoms with Crippen molar-refractivity contribution in [3.05, 3.63) is 0 Å². The summed E-state index contributed by atoms with van der Waals surface area (Å²) in [4.78, 5) is 0. The fourth-order valence-electron chi connectivity index (χ4n) is 3.84. The normalized spacial score (nSPS) is 29.3. The van der Waals surface area contributed by atoms with E-state index in [0.717, 1.165) is 11.3 Å². The van der Waals surface area contributed by atoms with Crippen LogP contribution < -0.4 is 0 Å². The topological polar surface area (TPSA) is 0 Å². The van der Waals surface area contributed by atoms with Crippen molar-refractivity contribution >= 4 is 0 Å². The molecule has 0 atom stereocenters. The maximum absolute atomic E-state index is 2.43. The molecule has 0 aromatic heterocycles. The zero-order valence-corrected chi connectivity index (χ0v) is 9.15. The smallest absolute Gasteiger partial charge is 0.0272 e. The molecule has 0 bridgehead atoms. The molecule has 0 aliphatic heterocycles. The van der Waals surface area contributed by atoms with Crippen LogP contribution in [0.25, 0.3) is 0 Å². The van der Waals surface area contributed by atoms with Crippen molar-refractivity contribution in [3.8, 4) is 0 Å². The van der Waals surface area contributed by atoms with E-state index < -0.39 is 0 Å². The van der Waals surface area contributed by atoms with Crippen molar-refractivity contribution < 1.29 is 0 Å². The number of rotatable bonds is 2. The first-order chi connectivity index (χ1) is 6.37. The first-order valence-corrected chi connectivity index (χ1v) is 6.37. The molecule has 76 valence electrons. The van der Waals surface area contributed by atoms with Gasteiger partial charge < -0.3 is 0 Å². The van der Waals surface area contributed by atoms with Crippen LogP contribution in [0.1, 0.15) is 71.1 Å². The van der Waals surface area contributed by atoms with Gasteiger partial charge in [0.1, 0.15) is 0 Å². The van der Waals surface area contributed by atoms with Gasteiger partial charge in [0.05, 0.1) is 0 Å². The van der Waals surface area contributed by atoms with E-state index in [1.165, 1.54) is 38.5 Å².